The lowest BCUT2D eigenvalue weighted by Crippen LogP contribution is -2.01. The van der Waals surface area contributed by atoms with Crippen LogP contribution in [0.5, 0.6) is 0 Å². The van der Waals surface area contributed by atoms with E-state index in [0.717, 1.165) is 16.1 Å². The van der Waals surface area contributed by atoms with E-state index in [-0.39, 0.29) is 5.92 Å². The minimum Gasteiger partial charge on any atom is -0.198 e. The van der Waals surface area contributed by atoms with Crippen LogP contribution in [-0.4, -0.2) is 0 Å². The van der Waals surface area contributed by atoms with Gasteiger partial charge in [0.1, 0.15) is 0 Å². The van der Waals surface area contributed by atoms with Gasteiger partial charge < -0.3 is 0 Å². The Morgan fingerprint density at radius 3 is 2.61 bits per heavy atom. The quantitative estimate of drug-likeness (QED) is 0.792. The van der Waals surface area contributed by atoms with Gasteiger partial charge in [0.05, 0.1) is 12.0 Å². The monoisotopic (exact) mass is 255 g/mol. The molecule has 2 aromatic carbocycles. The van der Waals surface area contributed by atoms with Crippen LogP contribution in [0.25, 0.3) is 0 Å². The first kappa shape index (κ1) is 12.7. The highest BCUT2D eigenvalue weighted by molar-refractivity contribution is 6.31. The fourth-order valence-corrected chi connectivity index (χ4v) is 2.22. The molecule has 0 aromatic heterocycles. The van der Waals surface area contributed by atoms with Gasteiger partial charge in [-0.3, -0.25) is 0 Å². The van der Waals surface area contributed by atoms with Crippen molar-refractivity contribution in [2.75, 3.05) is 0 Å². The summed E-state index contributed by atoms with van der Waals surface area (Å²) in [5, 5.41) is 10.1. The average Bonchev–Trinajstić information content (AvgIpc) is 2.38. The topological polar surface area (TPSA) is 23.8 Å². The molecule has 0 amide bonds. The molecule has 0 radical (unpaired) electrons. The minimum atomic E-state index is -0.148. The fourth-order valence-electron chi connectivity index (χ4n) is 2.01. The van der Waals surface area contributed by atoms with Crippen molar-refractivity contribution >= 4 is 11.6 Å². The van der Waals surface area contributed by atoms with Crippen molar-refractivity contribution in [1.82, 2.24) is 0 Å². The summed E-state index contributed by atoms with van der Waals surface area (Å²) in [4.78, 5) is 0. The van der Waals surface area contributed by atoms with Gasteiger partial charge in [0, 0.05) is 5.02 Å². The van der Waals surface area contributed by atoms with Gasteiger partial charge in [0.2, 0.25) is 0 Å². The summed E-state index contributed by atoms with van der Waals surface area (Å²) < 4.78 is 0. The zero-order valence-corrected chi connectivity index (χ0v) is 11.0. The van der Waals surface area contributed by atoms with Crippen LogP contribution in [0.3, 0.4) is 0 Å². The molecule has 1 unspecified atom stereocenters. The summed E-state index contributed by atoms with van der Waals surface area (Å²) in [6.07, 6.45) is 0.652. The standard InChI is InChI=1S/C16H14ClN/c1-12-5-4-7-13(9-12)15(11-18)10-14-6-2-3-8-16(14)17/h2-9,15H,10H2,1H3. The van der Waals surface area contributed by atoms with Crippen LogP contribution >= 0.6 is 11.6 Å². The van der Waals surface area contributed by atoms with E-state index >= 15 is 0 Å². The van der Waals surface area contributed by atoms with Crippen LogP contribution in [-0.2, 0) is 6.42 Å². The molecule has 0 aliphatic carbocycles. The predicted octanol–water partition coefficient (Wildman–Crippen LogP) is 4.50. The highest BCUT2D eigenvalue weighted by atomic mass is 35.5. The second-order valence-electron chi connectivity index (χ2n) is 4.39. The Balaban J connectivity index is 2.26. The number of hydrogen-bond donors (Lipinski definition) is 0. The molecule has 0 bridgehead atoms. The van der Waals surface area contributed by atoms with Crippen molar-refractivity contribution in [3.05, 3.63) is 70.2 Å². The van der Waals surface area contributed by atoms with Gasteiger partial charge in [0.15, 0.2) is 0 Å². The molecule has 1 atom stereocenters. The summed E-state index contributed by atoms with van der Waals surface area (Å²) in [7, 11) is 0. The van der Waals surface area contributed by atoms with Gasteiger partial charge in [0.25, 0.3) is 0 Å². The van der Waals surface area contributed by atoms with Gasteiger partial charge in [-0.25, -0.2) is 0 Å². The van der Waals surface area contributed by atoms with Crippen LogP contribution in [0, 0.1) is 18.3 Å². The molecule has 0 spiro atoms. The normalized spacial score (nSPS) is 11.8. The van der Waals surface area contributed by atoms with Crippen molar-refractivity contribution < 1.29 is 0 Å². The molecular weight excluding hydrogens is 242 g/mol. The average molecular weight is 256 g/mol. The molecule has 2 heteroatoms. The summed E-state index contributed by atoms with van der Waals surface area (Å²) in [5.74, 6) is -0.148. The molecule has 18 heavy (non-hydrogen) atoms. The van der Waals surface area contributed by atoms with E-state index in [2.05, 4.69) is 12.1 Å². The molecule has 0 saturated carbocycles. The van der Waals surface area contributed by atoms with Crippen molar-refractivity contribution in [3.63, 3.8) is 0 Å². The van der Waals surface area contributed by atoms with E-state index < -0.39 is 0 Å². The highest BCUT2D eigenvalue weighted by Gasteiger charge is 2.13. The van der Waals surface area contributed by atoms with Gasteiger partial charge in [-0.1, -0.05) is 59.6 Å². The van der Waals surface area contributed by atoms with Crippen molar-refractivity contribution in [2.45, 2.75) is 19.3 Å². The minimum absolute atomic E-state index is 0.148. The van der Waals surface area contributed by atoms with E-state index in [1.54, 1.807) is 0 Å². The Labute approximate surface area is 113 Å². The van der Waals surface area contributed by atoms with Gasteiger partial charge in [-0.05, 0) is 30.5 Å². The lowest BCUT2D eigenvalue weighted by Gasteiger charge is -2.11. The molecule has 2 aromatic rings. The highest BCUT2D eigenvalue weighted by Crippen LogP contribution is 2.25. The molecule has 0 heterocycles. The molecular formula is C16H14ClN. The van der Waals surface area contributed by atoms with E-state index in [1.807, 2.05) is 49.4 Å². The molecule has 2 rings (SSSR count). The van der Waals surface area contributed by atoms with E-state index in [1.165, 1.54) is 5.56 Å². The molecule has 0 aliphatic heterocycles. The first-order chi connectivity index (χ1) is 8.70. The molecule has 0 N–H and O–H groups in total. The summed E-state index contributed by atoms with van der Waals surface area (Å²) >= 11 is 6.13. The first-order valence-electron chi connectivity index (χ1n) is 5.90. The Bertz CT molecular complexity index is 584. The van der Waals surface area contributed by atoms with Crippen LogP contribution < -0.4 is 0 Å². The van der Waals surface area contributed by atoms with Crippen molar-refractivity contribution in [1.29, 1.82) is 5.26 Å². The summed E-state index contributed by atoms with van der Waals surface area (Å²) in [6, 6.07) is 18.1. The van der Waals surface area contributed by atoms with Gasteiger partial charge in [-0.15, -0.1) is 0 Å². The Hall–Kier alpha value is -1.78. The number of rotatable bonds is 3. The van der Waals surface area contributed by atoms with Gasteiger partial charge in [-0.2, -0.15) is 5.26 Å². The third kappa shape index (κ3) is 2.91. The molecule has 1 nitrogen and oxygen atoms in total. The van der Waals surface area contributed by atoms with E-state index in [0.29, 0.717) is 6.42 Å². The smallest absolute Gasteiger partial charge is 0.0753 e. The Morgan fingerprint density at radius 1 is 1.17 bits per heavy atom. The molecule has 0 aliphatic rings. The second-order valence-corrected chi connectivity index (χ2v) is 4.80. The number of halogens is 1. The zero-order valence-electron chi connectivity index (χ0n) is 10.2. The number of nitrogens with zero attached hydrogens (tertiary/aromatic N) is 1. The third-order valence-corrected chi connectivity index (χ3v) is 3.35. The van der Waals surface area contributed by atoms with E-state index in [9.17, 15) is 5.26 Å². The Kier molecular flexibility index (Phi) is 4.02. The van der Waals surface area contributed by atoms with Crippen LogP contribution in [0.15, 0.2) is 48.5 Å². The van der Waals surface area contributed by atoms with Gasteiger partial charge >= 0.3 is 0 Å². The SMILES string of the molecule is Cc1cccc(C(C#N)Cc2ccccc2Cl)c1. The maximum absolute atomic E-state index is 9.33. The number of hydrogen-bond acceptors (Lipinski definition) is 1. The lowest BCUT2D eigenvalue weighted by atomic mass is 9.92. The number of aryl methyl sites for hydroxylation is 1. The maximum Gasteiger partial charge on any atom is 0.0753 e. The van der Waals surface area contributed by atoms with Crippen LogP contribution in [0.1, 0.15) is 22.6 Å². The molecule has 90 valence electrons. The zero-order chi connectivity index (χ0) is 13.0. The molecule has 0 fully saturated rings. The largest absolute Gasteiger partial charge is 0.198 e. The second kappa shape index (κ2) is 5.71. The number of nitriles is 1. The maximum atomic E-state index is 9.33. The first-order valence-corrected chi connectivity index (χ1v) is 6.28. The number of benzene rings is 2. The molecule has 0 saturated heterocycles. The van der Waals surface area contributed by atoms with E-state index in [4.69, 9.17) is 11.6 Å². The van der Waals surface area contributed by atoms with Crippen molar-refractivity contribution in [2.24, 2.45) is 0 Å². The Morgan fingerprint density at radius 2 is 1.94 bits per heavy atom. The summed E-state index contributed by atoms with van der Waals surface area (Å²) in [5.41, 5.74) is 3.25. The lowest BCUT2D eigenvalue weighted by molar-refractivity contribution is 0.848. The van der Waals surface area contributed by atoms with Crippen molar-refractivity contribution in [3.8, 4) is 6.07 Å². The third-order valence-electron chi connectivity index (χ3n) is 2.98. The fraction of sp³-hybridized carbons (Fsp3) is 0.188. The predicted molar refractivity (Wildman–Crippen MR) is 74.7 cm³/mol. The summed E-state index contributed by atoms with van der Waals surface area (Å²) in [6.45, 7) is 2.04. The van der Waals surface area contributed by atoms with Crippen LogP contribution in [0.4, 0.5) is 0 Å². The van der Waals surface area contributed by atoms with Crippen LogP contribution in [0.2, 0.25) is 5.02 Å².